The first-order chi connectivity index (χ1) is 8.85. The van der Waals surface area contributed by atoms with Gasteiger partial charge in [-0.2, -0.15) is 0 Å². The number of rotatable bonds is 4. The molecular weight excluding hydrogens is 251 g/mol. The Morgan fingerprint density at radius 2 is 2.11 bits per heavy atom. The molecule has 5 heteroatoms. The minimum Gasteiger partial charge on any atom is -0.496 e. The number of carboxylic acids is 1. The van der Waals surface area contributed by atoms with Crippen LogP contribution in [0.4, 0.5) is 4.39 Å². The van der Waals surface area contributed by atoms with Gasteiger partial charge in [-0.15, -0.1) is 0 Å². The highest BCUT2D eigenvalue weighted by atomic mass is 19.1. The summed E-state index contributed by atoms with van der Waals surface area (Å²) in [5.41, 5.74) is -1.30. The van der Waals surface area contributed by atoms with Crippen molar-refractivity contribution in [2.24, 2.45) is 5.41 Å². The Balaban J connectivity index is 2.60. The maximum absolute atomic E-state index is 13.5. The zero-order valence-electron chi connectivity index (χ0n) is 11.2. The number of carboxylic acid groups (broad SMARTS) is 1. The van der Waals surface area contributed by atoms with E-state index >= 15 is 0 Å². The Kier molecular flexibility index (Phi) is 3.26. The summed E-state index contributed by atoms with van der Waals surface area (Å²) in [5, 5.41) is 9.45. The number of halogens is 1. The molecule has 0 bridgehead atoms. The van der Waals surface area contributed by atoms with Gasteiger partial charge in [-0.05, 0) is 32.0 Å². The van der Waals surface area contributed by atoms with Gasteiger partial charge in [-0.3, -0.25) is 4.79 Å². The summed E-state index contributed by atoms with van der Waals surface area (Å²) in [7, 11) is 1.48. The van der Waals surface area contributed by atoms with Crippen LogP contribution in [0, 0.1) is 11.2 Å². The Hall–Kier alpha value is -1.62. The van der Waals surface area contributed by atoms with Gasteiger partial charge in [-0.1, -0.05) is 0 Å². The monoisotopic (exact) mass is 268 g/mol. The van der Waals surface area contributed by atoms with Gasteiger partial charge in [0.05, 0.1) is 31.2 Å². The number of hydrogen-bond donors (Lipinski definition) is 1. The van der Waals surface area contributed by atoms with E-state index in [1.54, 1.807) is 13.8 Å². The summed E-state index contributed by atoms with van der Waals surface area (Å²) in [6.45, 7) is 3.74. The van der Waals surface area contributed by atoms with Crippen LogP contribution >= 0.6 is 0 Å². The van der Waals surface area contributed by atoms with Gasteiger partial charge in [-0.25, -0.2) is 4.39 Å². The molecule has 1 fully saturated rings. The summed E-state index contributed by atoms with van der Waals surface area (Å²) in [6.07, 6.45) is 0. The van der Waals surface area contributed by atoms with E-state index in [0.717, 1.165) is 0 Å². The lowest BCUT2D eigenvalue weighted by molar-refractivity contribution is -0.171. The summed E-state index contributed by atoms with van der Waals surface area (Å²) >= 11 is 0. The van der Waals surface area contributed by atoms with E-state index in [2.05, 4.69) is 0 Å². The third-order valence-corrected chi connectivity index (χ3v) is 4.11. The number of hydrogen-bond acceptors (Lipinski definition) is 3. The topological polar surface area (TPSA) is 55.8 Å². The molecule has 1 aliphatic rings. The minimum atomic E-state index is -1.08. The van der Waals surface area contributed by atoms with Crippen molar-refractivity contribution in [3.8, 4) is 5.75 Å². The van der Waals surface area contributed by atoms with Crippen LogP contribution in [0.2, 0.25) is 0 Å². The van der Waals surface area contributed by atoms with Crippen LogP contribution in [0.1, 0.15) is 19.4 Å². The predicted octanol–water partition coefficient (Wildman–Crippen LogP) is 2.21. The normalized spacial score (nSPS) is 17.7. The molecule has 0 amide bonds. The van der Waals surface area contributed by atoms with Gasteiger partial charge in [0, 0.05) is 5.56 Å². The fraction of sp³-hybridized carbons (Fsp3) is 0.500. The summed E-state index contributed by atoms with van der Waals surface area (Å²) in [5.74, 6) is -0.871. The molecule has 2 rings (SSSR count). The molecule has 1 aromatic carbocycles. The standard InChI is InChI=1S/C14H17FO4/c1-13(2,12(16)17)14(7-19-8-14)10-6-9(15)4-5-11(10)18-3/h4-6H,7-8H2,1-3H3,(H,16,17). The third kappa shape index (κ3) is 1.89. The van der Waals surface area contributed by atoms with Crippen molar-refractivity contribution in [3.63, 3.8) is 0 Å². The zero-order chi connectivity index (χ0) is 14.3. The maximum Gasteiger partial charge on any atom is 0.310 e. The fourth-order valence-electron chi connectivity index (χ4n) is 2.42. The van der Waals surface area contributed by atoms with Crippen LogP contribution in [-0.4, -0.2) is 31.4 Å². The number of methoxy groups -OCH3 is 1. The molecule has 0 atom stereocenters. The number of benzene rings is 1. The smallest absolute Gasteiger partial charge is 0.310 e. The average Bonchev–Trinajstić information content (AvgIpc) is 2.27. The maximum atomic E-state index is 13.5. The quantitative estimate of drug-likeness (QED) is 0.909. The van der Waals surface area contributed by atoms with E-state index < -0.39 is 22.6 Å². The first-order valence-electron chi connectivity index (χ1n) is 6.00. The van der Waals surface area contributed by atoms with Gasteiger partial charge in [0.1, 0.15) is 11.6 Å². The molecule has 1 saturated heterocycles. The first-order valence-corrected chi connectivity index (χ1v) is 6.00. The molecule has 0 saturated carbocycles. The average molecular weight is 268 g/mol. The van der Waals surface area contributed by atoms with Crippen LogP contribution in [-0.2, 0) is 14.9 Å². The zero-order valence-corrected chi connectivity index (χ0v) is 11.2. The lowest BCUT2D eigenvalue weighted by Gasteiger charge is -2.50. The minimum absolute atomic E-state index is 0.242. The molecule has 1 aromatic rings. The second-order valence-electron chi connectivity index (χ2n) is 5.35. The molecule has 0 radical (unpaired) electrons. The lowest BCUT2D eigenvalue weighted by Crippen LogP contribution is -2.59. The van der Waals surface area contributed by atoms with E-state index in [1.807, 2.05) is 0 Å². The van der Waals surface area contributed by atoms with E-state index in [0.29, 0.717) is 11.3 Å². The lowest BCUT2D eigenvalue weighted by atomic mass is 9.60. The van der Waals surface area contributed by atoms with Crippen LogP contribution in [0.25, 0.3) is 0 Å². The van der Waals surface area contributed by atoms with Crippen LogP contribution in [0.3, 0.4) is 0 Å². The van der Waals surface area contributed by atoms with Crippen LogP contribution in [0.5, 0.6) is 5.75 Å². The van der Waals surface area contributed by atoms with E-state index in [1.165, 1.54) is 25.3 Å². The summed E-state index contributed by atoms with van der Waals surface area (Å²) < 4.78 is 24.0. The Bertz CT molecular complexity index is 506. The Morgan fingerprint density at radius 1 is 1.47 bits per heavy atom. The van der Waals surface area contributed by atoms with Crippen molar-refractivity contribution in [1.82, 2.24) is 0 Å². The first kappa shape index (κ1) is 13.8. The molecular formula is C14H17FO4. The number of ether oxygens (including phenoxy) is 2. The van der Waals surface area contributed by atoms with Gasteiger partial charge in [0.15, 0.2) is 0 Å². The predicted molar refractivity (Wildman–Crippen MR) is 66.9 cm³/mol. The van der Waals surface area contributed by atoms with Crippen molar-refractivity contribution in [2.75, 3.05) is 20.3 Å². The van der Waals surface area contributed by atoms with E-state index in [4.69, 9.17) is 9.47 Å². The van der Waals surface area contributed by atoms with Crippen molar-refractivity contribution < 1.29 is 23.8 Å². The van der Waals surface area contributed by atoms with Gasteiger partial charge in [0.2, 0.25) is 0 Å². The van der Waals surface area contributed by atoms with E-state index in [-0.39, 0.29) is 13.2 Å². The summed E-state index contributed by atoms with van der Waals surface area (Å²) in [6, 6.07) is 4.15. The second-order valence-corrected chi connectivity index (χ2v) is 5.35. The van der Waals surface area contributed by atoms with Crippen molar-refractivity contribution in [1.29, 1.82) is 0 Å². The largest absolute Gasteiger partial charge is 0.496 e. The van der Waals surface area contributed by atoms with Crippen molar-refractivity contribution in [2.45, 2.75) is 19.3 Å². The molecule has 1 aliphatic heterocycles. The van der Waals surface area contributed by atoms with Gasteiger partial charge < -0.3 is 14.6 Å². The molecule has 19 heavy (non-hydrogen) atoms. The van der Waals surface area contributed by atoms with Crippen LogP contribution < -0.4 is 4.74 Å². The SMILES string of the molecule is COc1ccc(F)cc1C1(C(C)(C)C(=O)O)COC1. The summed E-state index contributed by atoms with van der Waals surface area (Å²) in [4.78, 5) is 11.5. The Morgan fingerprint density at radius 3 is 2.53 bits per heavy atom. The third-order valence-electron chi connectivity index (χ3n) is 4.11. The number of aliphatic carboxylic acids is 1. The highest BCUT2D eigenvalue weighted by molar-refractivity contribution is 5.77. The van der Waals surface area contributed by atoms with E-state index in [9.17, 15) is 14.3 Å². The molecule has 0 unspecified atom stereocenters. The molecule has 4 nitrogen and oxygen atoms in total. The van der Waals surface area contributed by atoms with Gasteiger partial charge in [0.25, 0.3) is 0 Å². The molecule has 1 N–H and O–H groups in total. The Labute approximate surface area is 111 Å². The highest BCUT2D eigenvalue weighted by Gasteiger charge is 2.57. The molecule has 0 spiro atoms. The van der Waals surface area contributed by atoms with Crippen LogP contribution in [0.15, 0.2) is 18.2 Å². The highest BCUT2D eigenvalue weighted by Crippen LogP contribution is 2.50. The fourth-order valence-corrected chi connectivity index (χ4v) is 2.42. The van der Waals surface area contributed by atoms with Crippen molar-refractivity contribution >= 4 is 5.97 Å². The van der Waals surface area contributed by atoms with Crippen molar-refractivity contribution in [3.05, 3.63) is 29.6 Å². The molecule has 1 heterocycles. The van der Waals surface area contributed by atoms with Gasteiger partial charge >= 0.3 is 5.97 Å². The molecule has 104 valence electrons. The molecule has 0 aromatic heterocycles. The second kappa shape index (κ2) is 4.49. The number of carbonyl (C=O) groups is 1. The molecule has 0 aliphatic carbocycles.